The van der Waals surface area contributed by atoms with Crippen molar-refractivity contribution in [2.45, 2.75) is 117 Å². The minimum atomic E-state index is -0.515. The Bertz CT molecular complexity index is 330. The van der Waals surface area contributed by atoms with Gasteiger partial charge in [-0.3, -0.25) is 0 Å². The van der Waals surface area contributed by atoms with Crippen molar-refractivity contribution in [2.75, 3.05) is 11.5 Å². The first-order chi connectivity index (χ1) is 12.3. The van der Waals surface area contributed by atoms with Crippen molar-refractivity contribution in [1.29, 1.82) is 0 Å². The van der Waals surface area contributed by atoms with Gasteiger partial charge in [-0.15, -0.1) is 0 Å². The predicted octanol–water partition coefficient (Wildman–Crippen LogP) is 9.11. The second kappa shape index (κ2) is 16.0. The summed E-state index contributed by atoms with van der Waals surface area (Å²) >= 11 is 0. The van der Waals surface area contributed by atoms with Crippen LogP contribution in [-0.2, 0) is 0 Å². The van der Waals surface area contributed by atoms with Crippen molar-refractivity contribution in [3.05, 3.63) is 23.0 Å². The van der Waals surface area contributed by atoms with Crippen LogP contribution in [0.25, 0.3) is 0 Å². The highest BCUT2D eigenvalue weighted by molar-refractivity contribution is 8.38. The molecule has 1 rings (SSSR count). The van der Waals surface area contributed by atoms with Crippen LogP contribution in [0.1, 0.15) is 117 Å². The molecule has 0 bridgehead atoms. The summed E-state index contributed by atoms with van der Waals surface area (Å²) in [5.41, 5.74) is 0. The molecule has 1 aliphatic rings. The molecule has 1 aliphatic heterocycles. The third kappa shape index (κ3) is 11.9. The van der Waals surface area contributed by atoms with Crippen LogP contribution in [0, 0.1) is 0 Å². The second-order valence-electron chi connectivity index (χ2n) is 8.02. The van der Waals surface area contributed by atoms with Crippen molar-refractivity contribution < 1.29 is 0 Å². The van der Waals surface area contributed by atoms with Gasteiger partial charge in [-0.05, 0) is 35.2 Å². The number of allylic oxidation sites excluding steroid dienone is 2. The molecule has 0 aromatic heterocycles. The first kappa shape index (κ1) is 22.9. The molecule has 0 spiro atoms. The molecule has 148 valence electrons. The highest BCUT2D eigenvalue weighted by Crippen LogP contribution is 2.55. The molecule has 0 N–H and O–H groups in total. The van der Waals surface area contributed by atoms with Crippen molar-refractivity contribution in [3.63, 3.8) is 0 Å². The Morgan fingerprint density at radius 1 is 0.440 bits per heavy atom. The maximum absolute atomic E-state index is 2.57. The smallest absolute Gasteiger partial charge is 0.0159 e. The van der Waals surface area contributed by atoms with E-state index in [1.54, 1.807) is 0 Å². The van der Waals surface area contributed by atoms with Crippen molar-refractivity contribution in [3.8, 4) is 0 Å². The van der Waals surface area contributed by atoms with Gasteiger partial charge >= 0.3 is 0 Å². The fourth-order valence-corrected chi connectivity index (χ4v) is 6.96. The Morgan fingerprint density at radius 3 is 1.16 bits per heavy atom. The summed E-state index contributed by atoms with van der Waals surface area (Å²) in [6.45, 7) is 4.61. The highest BCUT2D eigenvalue weighted by Gasteiger charge is 2.18. The van der Waals surface area contributed by atoms with Gasteiger partial charge in [0.25, 0.3) is 0 Å². The lowest BCUT2D eigenvalue weighted by molar-refractivity contribution is 0.548. The standard InChI is InChI=1S/C24H46S/c1-3-5-7-9-10-11-12-13-14-15-16-18-22-25(23-19-20-24-25)21-17-8-6-4-2/h19-20,23-24H,3-18,21-22H2,1-2H3. The van der Waals surface area contributed by atoms with E-state index in [-0.39, 0.29) is 0 Å². The van der Waals surface area contributed by atoms with Gasteiger partial charge in [0, 0.05) is 0 Å². The topological polar surface area (TPSA) is 0 Å². The first-order valence-corrected chi connectivity index (χ1v) is 13.6. The lowest BCUT2D eigenvalue weighted by Crippen LogP contribution is -2.03. The van der Waals surface area contributed by atoms with Crippen LogP contribution < -0.4 is 0 Å². The summed E-state index contributed by atoms with van der Waals surface area (Å²) < 4.78 is 0. The predicted molar refractivity (Wildman–Crippen MR) is 121 cm³/mol. The summed E-state index contributed by atoms with van der Waals surface area (Å²) in [7, 11) is -0.515. The van der Waals surface area contributed by atoms with E-state index in [0.29, 0.717) is 0 Å². The van der Waals surface area contributed by atoms with Crippen LogP contribution in [0.4, 0.5) is 0 Å². The molecule has 0 aromatic carbocycles. The molecule has 1 heteroatoms. The fraction of sp³-hybridized carbons (Fsp3) is 0.833. The first-order valence-electron chi connectivity index (χ1n) is 11.5. The van der Waals surface area contributed by atoms with Gasteiger partial charge in [0.1, 0.15) is 0 Å². The maximum atomic E-state index is 2.57. The molecular formula is C24H46S. The van der Waals surface area contributed by atoms with Gasteiger partial charge < -0.3 is 0 Å². The summed E-state index contributed by atoms with van der Waals surface area (Å²) in [6, 6.07) is 0. The Kier molecular flexibility index (Phi) is 14.7. The monoisotopic (exact) mass is 366 g/mol. The minimum Gasteiger partial charge on any atom is -0.201 e. The molecule has 0 unspecified atom stereocenters. The summed E-state index contributed by atoms with van der Waals surface area (Å²) in [6.07, 6.45) is 27.8. The van der Waals surface area contributed by atoms with E-state index >= 15 is 0 Å². The van der Waals surface area contributed by atoms with Gasteiger partial charge in [-0.2, -0.15) is 0 Å². The van der Waals surface area contributed by atoms with Crippen molar-refractivity contribution in [1.82, 2.24) is 0 Å². The van der Waals surface area contributed by atoms with Crippen LogP contribution in [-0.4, -0.2) is 11.5 Å². The van der Waals surface area contributed by atoms with Crippen LogP contribution >= 0.6 is 10.0 Å². The van der Waals surface area contributed by atoms with E-state index < -0.39 is 10.0 Å². The minimum absolute atomic E-state index is 0.515. The maximum Gasteiger partial charge on any atom is -0.0159 e. The van der Waals surface area contributed by atoms with Crippen molar-refractivity contribution in [2.24, 2.45) is 0 Å². The van der Waals surface area contributed by atoms with Gasteiger partial charge in [0.05, 0.1) is 0 Å². The molecule has 0 saturated carbocycles. The third-order valence-corrected chi connectivity index (χ3v) is 9.06. The van der Waals surface area contributed by atoms with Crippen LogP contribution in [0.3, 0.4) is 0 Å². The lowest BCUT2D eigenvalue weighted by atomic mass is 10.1. The van der Waals surface area contributed by atoms with E-state index in [2.05, 4.69) is 36.8 Å². The van der Waals surface area contributed by atoms with E-state index in [4.69, 9.17) is 0 Å². The molecule has 0 amide bonds. The second-order valence-corrected chi connectivity index (χ2v) is 11.4. The molecule has 0 nitrogen and oxygen atoms in total. The third-order valence-electron chi connectivity index (χ3n) is 5.57. The molecule has 0 saturated heterocycles. The Morgan fingerprint density at radius 2 is 0.760 bits per heavy atom. The zero-order valence-electron chi connectivity index (χ0n) is 17.4. The molecule has 0 aromatic rings. The fourth-order valence-electron chi connectivity index (χ4n) is 3.83. The molecule has 0 fully saturated rings. The number of rotatable bonds is 18. The van der Waals surface area contributed by atoms with Gasteiger partial charge in [0.2, 0.25) is 0 Å². The Hall–Kier alpha value is -0.170. The van der Waals surface area contributed by atoms with Gasteiger partial charge in [-0.1, -0.05) is 116 Å². The average Bonchev–Trinajstić information content (AvgIpc) is 3.09. The molecule has 0 aliphatic carbocycles. The van der Waals surface area contributed by atoms with Crippen LogP contribution in [0.2, 0.25) is 0 Å². The number of unbranched alkanes of at least 4 members (excludes halogenated alkanes) is 14. The van der Waals surface area contributed by atoms with Crippen molar-refractivity contribution >= 4 is 10.0 Å². The van der Waals surface area contributed by atoms with Crippen LogP contribution in [0.15, 0.2) is 23.0 Å². The zero-order valence-corrected chi connectivity index (χ0v) is 18.3. The summed E-state index contributed by atoms with van der Waals surface area (Å²) in [5.74, 6) is 2.92. The van der Waals surface area contributed by atoms with Gasteiger partial charge in [-0.25, -0.2) is 10.0 Å². The lowest BCUT2D eigenvalue weighted by Gasteiger charge is -2.32. The quantitative estimate of drug-likeness (QED) is 0.212. The summed E-state index contributed by atoms with van der Waals surface area (Å²) in [5, 5.41) is 5.13. The number of hydrogen-bond donors (Lipinski definition) is 0. The molecular weight excluding hydrogens is 320 g/mol. The normalized spacial score (nSPS) is 16.6. The average molecular weight is 367 g/mol. The summed E-state index contributed by atoms with van der Waals surface area (Å²) in [4.78, 5) is 0. The van der Waals surface area contributed by atoms with E-state index in [9.17, 15) is 0 Å². The SMILES string of the molecule is CCCCCCCCCCCCCCS1(CCCCCC)C=CC=C1. The number of hydrogen-bond acceptors (Lipinski definition) is 0. The van der Waals surface area contributed by atoms with E-state index in [0.717, 1.165) is 0 Å². The van der Waals surface area contributed by atoms with E-state index in [1.807, 2.05) is 0 Å². The van der Waals surface area contributed by atoms with Gasteiger partial charge in [0.15, 0.2) is 0 Å². The molecule has 0 radical (unpaired) electrons. The van der Waals surface area contributed by atoms with Crippen LogP contribution in [0.5, 0.6) is 0 Å². The molecule has 25 heavy (non-hydrogen) atoms. The highest BCUT2D eigenvalue weighted by atomic mass is 32.3. The molecule has 0 atom stereocenters. The Balaban J connectivity index is 1.95. The van der Waals surface area contributed by atoms with E-state index in [1.165, 1.54) is 114 Å². The Labute approximate surface area is 161 Å². The largest absolute Gasteiger partial charge is 0.201 e. The zero-order chi connectivity index (χ0) is 18.1. The molecule has 1 heterocycles.